The SMILES string of the molecule is CN=C(NCCOc1cccc(C)c1)N1CCC(C)(C)C1.I. The van der Waals surface area contributed by atoms with Crippen molar-refractivity contribution in [1.29, 1.82) is 0 Å². The van der Waals surface area contributed by atoms with Crippen LogP contribution >= 0.6 is 24.0 Å². The van der Waals surface area contributed by atoms with Crippen LogP contribution in [0.4, 0.5) is 0 Å². The van der Waals surface area contributed by atoms with Crippen LogP contribution in [-0.2, 0) is 0 Å². The minimum atomic E-state index is 0. The highest BCUT2D eigenvalue weighted by Gasteiger charge is 2.30. The van der Waals surface area contributed by atoms with E-state index in [9.17, 15) is 0 Å². The highest BCUT2D eigenvalue weighted by atomic mass is 127. The summed E-state index contributed by atoms with van der Waals surface area (Å²) in [6, 6.07) is 8.13. The molecule has 1 N–H and O–H groups in total. The van der Waals surface area contributed by atoms with Gasteiger partial charge < -0.3 is 15.0 Å². The predicted octanol–water partition coefficient (Wildman–Crippen LogP) is 3.30. The quantitative estimate of drug-likeness (QED) is 0.354. The topological polar surface area (TPSA) is 36.9 Å². The smallest absolute Gasteiger partial charge is 0.193 e. The summed E-state index contributed by atoms with van der Waals surface area (Å²) in [7, 11) is 1.84. The molecule has 1 heterocycles. The molecule has 0 bridgehead atoms. The average molecular weight is 417 g/mol. The van der Waals surface area contributed by atoms with Crippen LogP contribution < -0.4 is 10.1 Å². The number of ether oxygens (including phenoxy) is 1. The lowest BCUT2D eigenvalue weighted by atomic mass is 9.93. The number of aliphatic imine (C=N–C) groups is 1. The molecule has 1 aliphatic heterocycles. The maximum absolute atomic E-state index is 5.75. The van der Waals surface area contributed by atoms with E-state index in [4.69, 9.17) is 4.74 Å². The number of rotatable bonds is 4. The van der Waals surface area contributed by atoms with Gasteiger partial charge in [-0.2, -0.15) is 0 Å². The van der Waals surface area contributed by atoms with E-state index in [-0.39, 0.29) is 24.0 Å². The second-order valence-electron chi connectivity index (χ2n) is 6.47. The molecule has 1 aromatic rings. The Hall–Kier alpha value is -0.980. The average Bonchev–Trinajstić information content (AvgIpc) is 2.79. The lowest BCUT2D eigenvalue weighted by Crippen LogP contribution is -2.42. The maximum atomic E-state index is 5.75. The third kappa shape index (κ3) is 5.66. The molecule has 5 heteroatoms. The van der Waals surface area contributed by atoms with Gasteiger partial charge in [-0.3, -0.25) is 4.99 Å². The van der Waals surface area contributed by atoms with Gasteiger partial charge in [0.05, 0.1) is 6.54 Å². The molecule has 22 heavy (non-hydrogen) atoms. The Morgan fingerprint density at radius 1 is 1.41 bits per heavy atom. The molecule has 4 nitrogen and oxygen atoms in total. The first-order valence-corrected chi connectivity index (χ1v) is 7.65. The molecule has 1 fully saturated rings. The molecule has 0 saturated carbocycles. The molecule has 0 aromatic heterocycles. The van der Waals surface area contributed by atoms with Gasteiger partial charge >= 0.3 is 0 Å². The van der Waals surface area contributed by atoms with E-state index < -0.39 is 0 Å². The molecule has 0 atom stereocenters. The highest BCUT2D eigenvalue weighted by Crippen LogP contribution is 2.28. The van der Waals surface area contributed by atoms with Crippen LogP contribution in [0, 0.1) is 12.3 Å². The van der Waals surface area contributed by atoms with Crippen LogP contribution in [0.15, 0.2) is 29.3 Å². The summed E-state index contributed by atoms with van der Waals surface area (Å²) in [5, 5.41) is 3.38. The van der Waals surface area contributed by atoms with Gasteiger partial charge in [-0.05, 0) is 36.5 Å². The summed E-state index contributed by atoms with van der Waals surface area (Å²) in [5.41, 5.74) is 1.60. The van der Waals surface area contributed by atoms with Gasteiger partial charge in [0.2, 0.25) is 0 Å². The van der Waals surface area contributed by atoms with Crippen LogP contribution in [0.25, 0.3) is 0 Å². The second-order valence-corrected chi connectivity index (χ2v) is 6.47. The highest BCUT2D eigenvalue weighted by molar-refractivity contribution is 14.0. The van der Waals surface area contributed by atoms with Gasteiger partial charge in [0, 0.05) is 20.1 Å². The summed E-state index contributed by atoms with van der Waals surface area (Å²) in [4.78, 5) is 6.70. The van der Waals surface area contributed by atoms with Gasteiger partial charge in [0.1, 0.15) is 12.4 Å². The number of hydrogen-bond donors (Lipinski definition) is 1. The van der Waals surface area contributed by atoms with Gasteiger partial charge in [0.25, 0.3) is 0 Å². The largest absolute Gasteiger partial charge is 0.492 e. The Morgan fingerprint density at radius 3 is 2.77 bits per heavy atom. The Balaban J connectivity index is 0.00000242. The number of hydrogen-bond acceptors (Lipinski definition) is 2. The van der Waals surface area contributed by atoms with Gasteiger partial charge in [-0.1, -0.05) is 26.0 Å². The molecule has 0 amide bonds. The number of nitrogens with zero attached hydrogens (tertiary/aromatic N) is 2. The summed E-state index contributed by atoms with van der Waals surface area (Å²) < 4.78 is 5.75. The molecule has 1 saturated heterocycles. The lowest BCUT2D eigenvalue weighted by Gasteiger charge is -2.23. The Bertz CT molecular complexity index is 502. The van der Waals surface area contributed by atoms with E-state index in [1.54, 1.807) is 0 Å². The zero-order valence-electron chi connectivity index (χ0n) is 14.1. The van der Waals surface area contributed by atoms with Crippen LogP contribution in [0.3, 0.4) is 0 Å². The molecule has 1 aromatic carbocycles. The number of halogens is 1. The predicted molar refractivity (Wildman–Crippen MR) is 103 cm³/mol. The van der Waals surface area contributed by atoms with Crippen molar-refractivity contribution in [2.75, 3.05) is 33.3 Å². The van der Waals surface area contributed by atoms with Gasteiger partial charge in [-0.25, -0.2) is 0 Å². The zero-order chi connectivity index (χ0) is 15.3. The molecule has 0 radical (unpaired) electrons. The van der Waals surface area contributed by atoms with E-state index in [1.165, 1.54) is 12.0 Å². The van der Waals surface area contributed by atoms with Crippen molar-refractivity contribution >= 4 is 29.9 Å². The number of guanidine groups is 1. The minimum Gasteiger partial charge on any atom is -0.492 e. The van der Waals surface area contributed by atoms with Crippen molar-refractivity contribution in [3.05, 3.63) is 29.8 Å². The first-order chi connectivity index (χ1) is 10.00. The fourth-order valence-corrected chi connectivity index (χ4v) is 2.66. The first kappa shape index (κ1) is 19.1. The molecule has 0 aliphatic carbocycles. The van der Waals surface area contributed by atoms with Crippen LogP contribution in [0.2, 0.25) is 0 Å². The number of benzene rings is 1. The molecule has 0 spiro atoms. The van der Waals surface area contributed by atoms with Crippen molar-refractivity contribution in [2.24, 2.45) is 10.4 Å². The van der Waals surface area contributed by atoms with Crippen LogP contribution in [-0.4, -0.2) is 44.1 Å². The second kappa shape index (κ2) is 8.60. The molecule has 1 aliphatic rings. The third-order valence-electron chi connectivity index (χ3n) is 3.83. The normalized spacial score (nSPS) is 17.1. The van der Waals surface area contributed by atoms with Gasteiger partial charge in [-0.15, -0.1) is 24.0 Å². The van der Waals surface area contributed by atoms with Crippen LogP contribution in [0.5, 0.6) is 5.75 Å². The van der Waals surface area contributed by atoms with E-state index in [1.807, 2.05) is 19.2 Å². The van der Waals surface area contributed by atoms with Crippen molar-refractivity contribution in [3.8, 4) is 5.75 Å². The molecule has 124 valence electrons. The molecule has 2 rings (SSSR count). The summed E-state index contributed by atoms with van der Waals surface area (Å²) in [5.74, 6) is 1.91. The summed E-state index contributed by atoms with van der Waals surface area (Å²) in [6.07, 6.45) is 1.22. The van der Waals surface area contributed by atoms with Crippen molar-refractivity contribution < 1.29 is 4.74 Å². The minimum absolute atomic E-state index is 0. The fraction of sp³-hybridized carbons (Fsp3) is 0.588. The van der Waals surface area contributed by atoms with E-state index in [0.29, 0.717) is 12.0 Å². The standard InChI is InChI=1S/C17H27N3O.HI/c1-14-6-5-7-15(12-14)21-11-9-19-16(18-4)20-10-8-17(2,3)13-20;/h5-7,12H,8-11,13H2,1-4H3,(H,18,19);1H. The van der Waals surface area contributed by atoms with Crippen LogP contribution in [0.1, 0.15) is 25.8 Å². The number of likely N-dealkylation sites (tertiary alicyclic amines) is 1. The monoisotopic (exact) mass is 417 g/mol. The zero-order valence-corrected chi connectivity index (χ0v) is 16.4. The summed E-state index contributed by atoms with van der Waals surface area (Å²) >= 11 is 0. The molecule has 0 unspecified atom stereocenters. The Kier molecular flexibility index (Phi) is 7.45. The molecular weight excluding hydrogens is 389 g/mol. The van der Waals surface area contributed by atoms with E-state index in [0.717, 1.165) is 31.3 Å². The summed E-state index contributed by atoms with van der Waals surface area (Å²) in [6.45, 7) is 10.2. The van der Waals surface area contributed by atoms with Crippen molar-refractivity contribution in [3.63, 3.8) is 0 Å². The van der Waals surface area contributed by atoms with E-state index >= 15 is 0 Å². The van der Waals surface area contributed by atoms with Crippen molar-refractivity contribution in [1.82, 2.24) is 10.2 Å². The fourth-order valence-electron chi connectivity index (χ4n) is 2.66. The Morgan fingerprint density at radius 2 is 2.18 bits per heavy atom. The number of aryl methyl sites for hydroxylation is 1. The van der Waals surface area contributed by atoms with Crippen molar-refractivity contribution in [2.45, 2.75) is 27.2 Å². The van der Waals surface area contributed by atoms with E-state index in [2.05, 4.69) is 48.1 Å². The molecular formula is C17H28IN3O. The van der Waals surface area contributed by atoms with Gasteiger partial charge in [0.15, 0.2) is 5.96 Å². The number of nitrogens with one attached hydrogen (secondary N) is 1. The first-order valence-electron chi connectivity index (χ1n) is 7.65. The third-order valence-corrected chi connectivity index (χ3v) is 3.83. The maximum Gasteiger partial charge on any atom is 0.193 e. The Labute approximate surface area is 151 Å². The lowest BCUT2D eigenvalue weighted by molar-refractivity contribution is 0.317.